The highest BCUT2D eigenvalue weighted by Gasteiger charge is 2.46. The lowest BCUT2D eigenvalue weighted by molar-refractivity contribution is -0.0209. The number of nitrogens with zero attached hydrogens (tertiary/aromatic N) is 2. The molecule has 1 aromatic rings. The average molecular weight is 403 g/mol. The van der Waals surface area contributed by atoms with Crippen LogP contribution in [-0.4, -0.2) is 71.2 Å². The second-order valence-corrected chi connectivity index (χ2v) is 9.76. The van der Waals surface area contributed by atoms with Gasteiger partial charge in [0.05, 0.1) is 13.2 Å². The van der Waals surface area contributed by atoms with Gasteiger partial charge in [-0.1, -0.05) is 11.6 Å². The third kappa shape index (κ3) is 3.60. The first-order valence-electron chi connectivity index (χ1n) is 8.80. The van der Waals surface area contributed by atoms with Gasteiger partial charge in [0.1, 0.15) is 10.6 Å². The van der Waals surface area contributed by atoms with Crippen LogP contribution in [0.4, 0.5) is 0 Å². The fourth-order valence-electron chi connectivity index (χ4n) is 4.33. The van der Waals surface area contributed by atoms with E-state index in [1.807, 2.05) is 0 Å². The Balaban J connectivity index is 1.85. The van der Waals surface area contributed by atoms with Crippen molar-refractivity contribution in [3.8, 4) is 5.75 Å². The Kier molecular flexibility index (Phi) is 5.84. The summed E-state index contributed by atoms with van der Waals surface area (Å²) in [5.41, 5.74) is 0. The van der Waals surface area contributed by atoms with E-state index in [-0.39, 0.29) is 11.0 Å². The summed E-state index contributed by atoms with van der Waals surface area (Å²) in [6, 6.07) is 5.01. The molecule has 4 atom stereocenters. The molecular formula is C18H27ClN2O4S. The van der Waals surface area contributed by atoms with Gasteiger partial charge >= 0.3 is 0 Å². The smallest absolute Gasteiger partial charge is 0.246 e. The number of benzene rings is 1. The Bertz CT molecular complexity index is 756. The molecule has 146 valence electrons. The molecule has 0 aromatic heterocycles. The summed E-state index contributed by atoms with van der Waals surface area (Å²) in [6.07, 6.45) is 1.95. The molecule has 2 fully saturated rings. The molecule has 6 nitrogen and oxygen atoms in total. The van der Waals surface area contributed by atoms with Crippen LogP contribution >= 0.6 is 11.6 Å². The van der Waals surface area contributed by atoms with E-state index < -0.39 is 10.0 Å². The zero-order chi connectivity index (χ0) is 19.1. The first-order chi connectivity index (χ1) is 12.3. The fraction of sp³-hybridized carbons (Fsp3) is 0.667. The van der Waals surface area contributed by atoms with Crippen molar-refractivity contribution in [1.29, 1.82) is 0 Å². The van der Waals surface area contributed by atoms with Crippen LogP contribution < -0.4 is 4.74 Å². The molecule has 1 aromatic carbocycles. The number of sulfonamides is 1. The Morgan fingerprint density at radius 1 is 1.15 bits per heavy atom. The van der Waals surface area contributed by atoms with Crippen molar-refractivity contribution in [2.45, 2.75) is 29.9 Å². The van der Waals surface area contributed by atoms with Crippen LogP contribution in [0.15, 0.2) is 23.1 Å². The second kappa shape index (κ2) is 7.64. The molecule has 0 N–H and O–H groups in total. The zero-order valence-corrected chi connectivity index (χ0v) is 17.3. The molecule has 0 radical (unpaired) electrons. The van der Waals surface area contributed by atoms with Crippen molar-refractivity contribution in [2.75, 3.05) is 41.4 Å². The van der Waals surface area contributed by atoms with Crippen LogP contribution in [0.25, 0.3) is 0 Å². The van der Waals surface area contributed by atoms with E-state index in [2.05, 4.69) is 19.0 Å². The summed E-state index contributed by atoms with van der Waals surface area (Å²) in [7, 11) is 3.66. The van der Waals surface area contributed by atoms with Crippen LogP contribution in [0, 0.1) is 11.8 Å². The molecule has 1 heterocycles. The van der Waals surface area contributed by atoms with Crippen LogP contribution in [0.1, 0.15) is 12.8 Å². The molecule has 0 amide bonds. The fourth-order valence-corrected chi connectivity index (χ4v) is 6.30. The molecular weight excluding hydrogens is 376 g/mol. The minimum Gasteiger partial charge on any atom is -0.495 e. The molecule has 0 bridgehead atoms. The standard InChI is InChI=1S/C18H27ClN2O4S/c1-20(2)15-7-12-10-21(11-13(12)8-17(15)25-4)26(22,23)18-9-14(19)5-6-16(18)24-3/h5-6,9,12-13,15,17H,7-8,10-11H2,1-4H3/t12-,13+,15-,17-/m1/s1. The Morgan fingerprint density at radius 2 is 1.81 bits per heavy atom. The molecule has 8 heteroatoms. The monoisotopic (exact) mass is 402 g/mol. The van der Waals surface area contributed by atoms with Crippen molar-refractivity contribution in [3.63, 3.8) is 0 Å². The SMILES string of the molecule is COc1ccc(Cl)cc1S(=O)(=O)N1C[C@H]2C[C@@H](N(C)C)[C@H](OC)C[C@H]2C1. The highest BCUT2D eigenvalue weighted by atomic mass is 35.5. The van der Waals surface area contributed by atoms with Crippen molar-refractivity contribution < 1.29 is 17.9 Å². The Labute approximate surface area is 161 Å². The van der Waals surface area contributed by atoms with Gasteiger partial charge in [0.2, 0.25) is 10.0 Å². The molecule has 1 aliphatic carbocycles. The lowest BCUT2D eigenvalue weighted by Crippen LogP contribution is -2.47. The lowest BCUT2D eigenvalue weighted by atomic mass is 9.77. The molecule has 1 saturated heterocycles. The number of halogens is 1. The van der Waals surface area contributed by atoms with Crippen molar-refractivity contribution in [3.05, 3.63) is 23.2 Å². The van der Waals surface area contributed by atoms with Gasteiger partial charge in [-0.05, 0) is 57.0 Å². The maximum Gasteiger partial charge on any atom is 0.246 e. The summed E-state index contributed by atoms with van der Waals surface area (Å²) >= 11 is 6.04. The molecule has 0 unspecified atom stereocenters. The van der Waals surface area contributed by atoms with Gasteiger partial charge in [-0.15, -0.1) is 0 Å². The van der Waals surface area contributed by atoms with Gasteiger partial charge in [0.15, 0.2) is 0 Å². The summed E-state index contributed by atoms with van der Waals surface area (Å²) in [4.78, 5) is 2.32. The van der Waals surface area contributed by atoms with E-state index in [0.717, 1.165) is 12.8 Å². The Morgan fingerprint density at radius 3 is 2.38 bits per heavy atom. The third-order valence-corrected chi connectivity index (χ3v) is 7.85. The predicted octanol–water partition coefficient (Wildman–Crippen LogP) is 2.32. The molecule has 2 aliphatic rings. The minimum atomic E-state index is -3.65. The summed E-state index contributed by atoms with van der Waals surface area (Å²) < 4.78 is 39.0. The van der Waals surface area contributed by atoms with Crippen molar-refractivity contribution in [1.82, 2.24) is 9.21 Å². The second-order valence-electron chi connectivity index (χ2n) is 7.41. The molecule has 3 rings (SSSR count). The number of rotatable bonds is 5. The van der Waals surface area contributed by atoms with Gasteiger partial charge in [0.25, 0.3) is 0 Å². The number of hydrogen-bond donors (Lipinski definition) is 0. The zero-order valence-electron chi connectivity index (χ0n) is 15.7. The van der Waals surface area contributed by atoms with Crippen LogP contribution in [0.3, 0.4) is 0 Å². The van der Waals surface area contributed by atoms with Gasteiger partial charge in [-0.2, -0.15) is 4.31 Å². The summed E-state index contributed by atoms with van der Waals surface area (Å²) in [5.74, 6) is 0.982. The van der Waals surface area contributed by atoms with E-state index in [4.69, 9.17) is 21.1 Å². The van der Waals surface area contributed by atoms with Gasteiger partial charge in [-0.3, -0.25) is 0 Å². The van der Waals surface area contributed by atoms with Crippen LogP contribution in [-0.2, 0) is 14.8 Å². The van der Waals surface area contributed by atoms with E-state index in [1.165, 1.54) is 13.2 Å². The number of likely N-dealkylation sites (N-methyl/N-ethyl adjacent to an activating group) is 1. The average Bonchev–Trinajstić information content (AvgIpc) is 3.04. The number of methoxy groups -OCH3 is 2. The summed E-state index contributed by atoms with van der Waals surface area (Å²) in [5, 5.41) is 0.383. The minimum absolute atomic E-state index is 0.134. The molecule has 1 aliphatic heterocycles. The van der Waals surface area contributed by atoms with E-state index >= 15 is 0 Å². The van der Waals surface area contributed by atoms with Gasteiger partial charge < -0.3 is 14.4 Å². The normalized spacial score (nSPS) is 29.8. The highest BCUT2D eigenvalue weighted by molar-refractivity contribution is 7.89. The number of hydrogen-bond acceptors (Lipinski definition) is 5. The van der Waals surface area contributed by atoms with E-state index in [0.29, 0.717) is 41.7 Å². The molecule has 0 spiro atoms. The number of fused-ring (bicyclic) bond motifs is 1. The first-order valence-corrected chi connectivity index (χ1v) is 10.6. The lowest BCUT2D eigenvalue weighted by Gasteiger charge is -2.40. The first kappa shape index (κ1) is 19.9. The maximum atomic E-state index is 13.2. The van der Waals surface area contributed by atoms with E-state index in [9.17, 15) is 8.42 Å². The maximum absolute atomic E-state index is 13.2. The third-order valence-electron chi connectivity index (χ3n) is 5.76. The van der Waals surface area contributed by atoms with E-state index in [1.54, 1.807) is 23.5 Å². The highest BCUT2D eigenvalue weighted by Crippen LogP contribution is 2.41. The molecule has 1 saturated carbocycles. The summed E-state index contributed by atoms with van der Waals surface area (Å²) in [6.45, 7) is 1.05. The number of ether oxygens (including phenoxy) is 2. The van der Waals surface area contributed by atoms with Crippen LogP contribution in [0.5, 0.6) is 5.75 Å². The largest absolute Gasteiger partial charge is 0.495 e. The van der Waals surface area contributed by atoms with Crippen LogP contribution in [0.2, 0.25) is 5.02 Å². The van der Waals surface area contributed by atoms with Crippen molar-refractivity contribution in [2.24, 2.45) is 11.8 Å². The quantitative estimate of drug-likeness (QED) is 0.756. The molecule has 26 heavy (non-hydrogen) atoms. The van der Waals surface area contributed by atoms with Gasteiger partial charge in [0, 0.05) is 31.3 Å². The Hall–Kier alpha value is -0.860. The van der Waals surface area contributed by atoms with Gasteiger partial charge in [-0.25, -0.2) is 8.42 Å². The topological polar surface area (TPSA) is 59.1 Å². The van der Waals surface area contributed by atoms with Crippen molar-refractivity contribution >= 4 is 21.6 Å². The predicted molar refractivity (Wildman–Crippen MR) is 101 cm³/mol.